The van der Waals surface area contributed by atoms with Gasteiger partial charge in [0.05, 0.1) is 12.1 Å². The second kappa shape index (κ2) is 9.56. The monoisotopic (exact) mass is 486 g/mol. The van der Waals surface area contributed by atoms with Crippen LogP contribution < -0.4 is 11.1 Å². The van der Waals surface area contributed by atoms with Crippen LogP contribution in [0.1, 0.15) is 39.2 Å². The number of aliphatic imine (C=N–C) groups is 1. The molecule has 3 unspecified atom stereocenters. The molecule has 0 bridgehead atoms. The van der Waals surface area contributed by atoms with Crippen molar-refractivity contribution in [1.29, 1.82) is 0 Å². The second-order valence-corrected chi connectivity index (χ2v) is 8.48. The van der Waals surface area contributed by atoms with E-state index in [1.165, 1.54) is 5.56 Å². The number of ether oxygens (including phenoxy) is 1. The van der Waals surface area contributed by atoms with Gasteiger partial charge in [0.25, 0.3) is 0 Å². The van der Waals surface area contributed by atoms with Gasteiger partial charge in [0.15, 0.2) is 5.96 Å². The van der Waals surface area contributed by atoms with Crippen molar-refractivity contribution in [1.82, 2.24) is 10.2 Å². The Morgan fingerprint density at radius 2 is 1.89 bits per heavy atom. The maximum absolute atomic E-state index is 6.23. The molecule has 27 heavy (non-hydrogen) atoms. The first-order valence-corrected chi connectivity index (χ1v) is 9.80. The Hall–Kier alpha value is -0.860. The van der Waals surface area contributed by atoms with Crippen LogP contribution in [0.15, 0.2) is 35.3 Å². The zero-order chi connectivity index (χ0) is 18.7. The smallest absolute Gasteiger partial charge is 0.189 e. The average Bonchev–Trinajstić information content (AvgIpc) is 2.62. The number of piperidine rings is 1. The van der Waals surface area contributed by atoms with Gasteiger partial charge < -0.3 is 15.8 Å². The predicted octanol–water partition coefficient (Wildman–Crippen LogP) is 3.23. The lowest BCUT2D eigenvalue weighted by Crippen LogP contribution is -2.61. The highest BCUT2D eigenvalue weighted by molar-refractivity contribution is 14.0. The highest BCUT2D eigenvalue weighted by Crippen LogP contribution is 2.48. The van der Waals surface area contributed by atoms with E-state index < -0.39 is 0 Å². The number of likely N-dealkylation sites (tertiary alicyclic amines) is 1. The summed E-state index contributed by atoms with van der Waals surface area (Å²) in [5, 5.41) is 3.45. The van der Waals surface area contributed by atoms with Crippen molar-refractivity contribution in [2.45, 2.75) is 58.3 Å². The van der Waals surface area contributed by atoms with E-state index in [0.29, 0.717) is 17.9 Å². The van der Waals surface area contributed by atoms with Gasteiger partial charge in [-0.3, -0.25) is 4.90 Å². The topological polar surface area (TPSA) is 62.9 Å². The zero-order valence-electron chi connectivity index (χ0n) is 17.0. The molecule has 2 aliphatic rings. The van der Waals surface area contributed by atoms with Gasteiger partial charge in [0.2, 0.25) is 0 Å². The fraction of sp³-hybridized carbons (Fsp3) is 0.667. The first-order chi connectivity index (χ1) is 12.4. The van der Waals surface area contributed by atoms with E-state index >= 15 is 0 Å². The molecular weight excluding hydrogens is 451 g/mol. The van der Waals surface area contributed by atoms with E-state index in [4.69, 9.17) is 15.5 Å². The largest absolute Gasteiger partial charge is 0.380 e. The van der Waals surface area contributed by atoms with E-state index in [2.05, 4.69) is 61.3 Å². The maximum atomic E-state index is 6.23. The summed E-state index contributed by atoms with van der Waals surface area (Å²) in [5.41, 5.74) is 7.65. The molecule has 0 amide bonds. The van der Waals surface area contributed by atoms with Crippen LogP contribution in [0.4, 0.5) is 0 Å². The molecule has 1 aromatic rings. The van der Waals surface area contributed by atoms with Gasteiger partial charge >= 0.3 is 0 Å². The minimum atomic E-state index is 0. The number of benzene rings is 1. The van der Waals surface area contributed by atoms with Crippen molar-refractivity contribution < 1.29 is 4.74 Å². The Balaban J connectivity index is 0.00000261. The number of guanidine groups is 1. The fourth-order valence-electron chi connectivity index (χ4n) is 4.85. The summed E-state index contributed by atoms with van der Waals surface area (Å²) in [6.07, 6.45) is 2.46. The Labute approximate surface area is 181 Å². The van der Waals surface area contributed by atoms with Gasteiger partial charge in [-0.2, -0.15) is 0 Å². The van der Waals surface area contributed by atoms with E-state index in [-0.39, 0.29) is 41.5 Å². The van der Waals surface area contributed by atoms with Crippen molar-refractivity contribution >= 4 is 29.9 Å². The first-order valence-electron chi connectivity index (χ1n) is 9.80. The molecule has 6 heteroatoms. The Morgan fingerprint density at radius 3 is 2.44 bits per heavy atom. The molecule has 2 fully saturated rings. The van der Waals surface area contributed by atoms with Crippen LogP contribution in [0, 0.1) is 11.3 Å². The SMILES string of the molecule is COC1C(C)C(N=C(N)NC2CCN(Cc3ccccc3)CC2)C1(C)C.I. The van der Waals surface area contributed by atoms with Crippen molar-refractivity contribution in [3.05, 3.63) is 35.9 Å². The number of nitrogens with zero attached hydrogens (tertiary/aromatic N) is 2. The normalized spacial score (nSPS) is 28.9. The molecule has 1 aliphatic carbocycles. The third kappa shape index (κ3) is 5.15. The van der Waals surface area contributed by atoms with E-state index in [0.717, 1.165) is 32.5 Å². The van der Waals surface area contributed by atoms with Gasteiger partial charge in [0, 0.05) is 44.1 Å². The summed E-state index contributed by atoms with van der Waals surface area (Å²) in [5.74, 6) is 0.994. The molecule has 0 spiro atoms. The molecule has 3 atom stereocenters. The van der Waals surface area contributed by atoms with Crippen molar-refractivity contribution in [2.24, 2.45) is 22.1 Å². The summed E-state index contributed by atoms with van der Waals surface area (Å²) in [6, 6.07) is 11.3. The van der Waals surface area contributed by atoms with Crippen LogP contribution in [0.25, 0.3) is 0 Å². The van der Waals surface area contributed by atoms with Crippen molar-refractivity contribution in [3.63, 3.8) is 0 Å². The van der Waals surface area contributed by atoms with Crippen LogP contribution >= 0.6 is 24.0 Å². The summed E-state index contributed by atoms with van der Waals surface area (Å²) in [7, 11) is 1.79. The van der Waals surface area contributed by atoms with E-state index in [1.807, 2.05) is 0 Å². The van der Waals surface area contributed by atoms with E-state index in [9.17, 15) is 0 Å². The first kappa shape index (κ1) is 22.4. The van der Waals surface area contributed by atoms with Crippen LogP contribution in [-0.2, 0) is 11.3 Å². The second-order valence-electron chi connectivity index (χ2n) is 8.48. The quantitative estimate of drug-likeness (QED) is 0.381. The molecular formula is C21H35IN4O. The summed E-state index contributed by atoms with van der Waals surface area (Å²) in [4.78, 5) is 7.30. The number of nitrogens with one attached hydrogen (secondary N) is 1. The Kier molecular flexibility index (Phi) is 7.94. The van der Waals surface area contributed by atoms with Gasteiger partial charge in [-0.15, -0.1) is 24.0 Å². The van der Waals surface area contributed by atoms with Crippen LogP contribution in [0.5, 0.6) is 0 Å². The molecule has 3 rings (SSSR count). The molecule has 1 aliphatic heterocycles. The third-order valence-electron chi connectivity index (χ3n) is 6.19. The molecule has 152 valence electrons. The van der Waals surface area contributed by atoms with Gasteiger partial charge in [-0.25, -0.2) is 4.99 Å². The Morgan fingerprint density at radius 1 is 1.26 bits per heavy atom. The molecule has 1 saturated heterocycles. The number of rotatable bonds is 5. The predicted molar refractivity (Wildman–Crippen MR) is 122 cm³/mol. The van der Waals surface area contributed by atoms with Crippen LogP contribution in [-0.4, -0.2) is 49.2 Å². The molecule has 1 saturated carbocycles. The van der Waals surface area contributed by atoms with Crippen LogP contribution in [0.3, 0.4) is 0 Å². The number of hydrogen-bond acceptors (Lipinski definition) is 3. The van der Waals surface area contributed by atoms with Gasteiger partial charge in [0.1, 0.15) is 0 Å². The summed E-state index contributed by atoms with van der Waals surface area (Å²) >= 11 is 0. The zero-order valence-corrected chi connectivity index (χ0v) is 19.4. The molecule has 5 nitrogen and oxygen atoms in total. The molecule has 0 radical (unpaired) electrons. The molecule has 1 aromatic carbocycles. The Bertz CT molecular complexity index is 614. The molecule has 1 heterocycles. The van der Waals surface area contributed by atoms with Gasteiger partial charge in [-0.1, -0.05) is 51.1 Å². The third-order valence-corrected chi connectivity index (χ3v) is 6.19. The van der Waals surface area contributed by atoms with E-state index in [1.54, 1.807) is 7.11 Å². The maximum Gasteiger partial charge on any atom is 0.189 e. The summed E-state index contributed by atoms with van der Waals surface area (Å²) in [6.45, 7) is 9.84. The number of nitrogens with two attached hydrogens (primary N) is 1. The summed E-state index contributed by atoms with van der Waals surface area (Å²) < 4.78 is 5.60. The lowest BCUT2D eigenvalue weighted by molar-refractivity contribution is -0.132. The minimum absolute atomic E-state index is 0. The average molecular weight is 486 g/mol. The van der Waals surface area contributed by atoms with Gasteiger partial charge in [-0.05, 0) is 18.4 Å². The lowest BCUT2D eigenvalue weighted by atomic mass is 9.58. The number of hydrogen-bond donors (Lipinski definition) is 2. The van der Waals surface area contributed by atoms with Crippen LogP contribution in [0.2, 0.25) is 0 Å². The number of halogens is 1. The molecule has 0 aromatic heterocycles. The van der Waals surface area contributed by atoms with Crippen molar-refractivity contribution in [3.8, 4) is 0 Å². The highest BCUT2D eigenvalue weighted by Gasteiger charge is 2.55. The standard InChI is InChI=1S/C21H34N4O.HI/c1-15-18(21(2,3)19(15)26-4)24-20(22)23-17-10-12-25(13-11-17)14-16-8-6-5-7-9-16;/h5-9,15,17-19H,10-14H2,1-4H3,(H3,22,23,24);1H. The molecule has 3 N–H and O–H groups in total. The fourth-order valence-corrected chi connectivity index (χ4v) is 4.85. The van der Waals surface area contributed by atoms with Crippen molar-refractivity contribution in [2.75, 3.05) is 20.2 Å². The number of methoxy groups -OCH3 is 1. The minimum Gasteiger partial charge on any atom is -0.380 e. The highest BCUT2D eigenvalue weighted by atomic mass is 127. The lowest BCUT2D eigenvalue weighted by Gasteiger charge is -2.54.